The summed E-state index contributed by atoms with van der Waals surface area (Å²) in [6, 6.07) is 17.3. The minimum Gasteiger partial charge on any atom is -0.459 e. The van der Waals surface area contributed by atoms with E-state index in [4.69, 9.17) is 9.47 Å². The minimum absolute atomic E-state index is 0.0252. The van der Waals surface area contributed by atoms with Crippen LogP contribution in [0.15, 0.2) is 60.7 Å². The highest BCUT2D eigenvalue weighted by Gasteiger charge is 2.37. The van der Waals surface area contributed by atoms with E-state index in [0.29, 0.717) is 11.1 Å². The summed E-state index contributed by atoms with van der Waals surface area (Å²) < 4.78 is 10.8. The van der Waals surface area contributed by atoms with Crippen molar-refractivity contribution in [1.82, 2.24) is 4.90 Å². The molecule has 0 aliphatic carbocycles. The zero-order valence-corrected chi connectivity index (χ0v) is 15.6. The predicted molar refractivity (Wildman–Crippen MR) is 101 cm³/mol. The van der Waals surface area contributed by atoms with Crippen LogP contribution in [-0.4, -0.2) is 46.7 Å². The van der Waals surface area contributed by atoms with Crippen molar-refractivity contribution in [3.05, 3.63) is 71.8 Å². The second-order valence-electron chi connectivity index (χ2n) is 5.93. The molecule has 0 saturated carbocycles. The maximum Gasteiger partial charge on any atom is 0.339 e. The SMILES string of the molecule is CC(=O)N1C[C@H](OC(=O)c2ccccc2)S[C@@H]1COC(=O)c1ccccc1. The van der Waals surface area contributed by atoms with Crippen molar-refractivity contribution < 1.29 is 23.9 Å². The molecule has 0 radical (unpaired) electrons. The van der Waals surface area contributed by atoms with Gasteiger partial charge in [-0.3, -0.25) is 4.79 Å². The number of ether oxygens (including phenoxy) is 2. The van der Waals surface area contributed by atoms with E-state index in [1.165, 1.54) is 18.7 Å². The van der Waals surface area contributed by atoms with Crippen LogP contribution < -0.4 is 0 Å². The Kier molecular flexibility index (Phi) is 6.13. The van der Waals surface area contributed by atoms with Gasteiger partial charge in [-0.2, -0.15) is 0 Å². The molecule has 2 aromatic carbocycles. The minimum atomic E-state index is -0.512. The second-order valence-corrected chi connectivity index (χ2v) is 7.27. The van der Waals surface area contributed by atoms with Crippen LogP contribution in [0.4, 0.5) is 0 Å². The largest absolute Gasteiger partial charge is 0.459 e. The molecule has 0 aromatic heterocycles. The monoisotopic (exact) mass is 385 g/mol. The Morgan fingerprint density at radius 3 is 2.07 bits per heavy atom. The van der Waals surface area contributed by atoms with Gasteiger partial charge < -0.3 is 14.4 Å². The molecule has 1 heterocycles. The maximum atomic E-state index is 12.2. The molecule has 7 heteroatoms. The fourth-order valence-electron chi connectivity index (χ4n) is 2.66. The van der Waals surface area contributed by atoms with Gasteiger partial charge >= 0.3 is 11.9 Å². The lowest BCUT2D eigenvalue weighted by Crippen LogP contribution is -2.37. The smallest absolute Gasteiger partial charge is 0.339 e. The van der Waals surface area contributed by atoms with E-state index in [1.54, 1.807) is 53.4 Å². The van der Waals surface area contributed by atoms with Gasteiger partial charge in [-0.1, -0.05) is 48.2 Å². The quantitative estimate of drug-likeness (QED) is 0.737. The Hall–Kier alpha value is -2.80. The summed E-state index contributed by atoms with van der Waals surface area (Å²) in [6.45, 7) is 1.72. The summed E-state index contributed by atoms with van der Waals surface area (Å²) in [7, 11) is 0. The number of benzene rings is 2. The fraction of sp³-hybridized carbons (Fsp3) is 0.250. The molecule has 0 bridgehead atoms. The third-order valence-corrected chi connectivity index (χ3v) is 5.27. The Balaban J connectivity index is 1.59. The molecule has 27 heavy (non-hydrogen) atoms. The molecule has 1 fully saturated rings. The predicted octanol–water partition coefficient (Wildman–Crippen LogP) is 2.95. The van der Waals surface area contributed by atoms with E-state index in [0.717, 1.165) is 0 Å². The van der Waals surface area contributed by atoms with Crippen molar-refractivity contribution in [1.29, 1.82) is 0 Å². The van der Waals surface area contributed by atoms with Gasteiger partial charge in [0.05, 0.1) is 17.7 Å². The molecular formula is C20H19NO5S. The number of thioether (sulfide) groups is 1. The lowest BCUT2D eigenvalue weighted by Gasteiger charge is -2.21. The number of carbonyl (C=O) groups is 3. The molecule has 1 aliphatic rings. The van der Waals surface area contributed by atoms with E-state index in [9.17, 15) is 14.4 Å². The number of carbonyl (C=O) groups excluding carboxylic acids is 3. The molecule has 1 aliphatic heterocycles. The van der Waals surface area contributed by atoms with Crippen LogP contribution in [0.1, 0.15) is 27.6 Å². The molecule has 3 rings (SSSR count). The highest BCUT2D eigenvalue weighted by molar-refractivity contribution is 8.00. The molecule has 0 N–H and O–H groups in total. The Bertz CT molecular complexity index is 812. The molecule has 2 atom stereocenters. The standard InChI is InChI=1S/C20H19NO5S/c1-14(22)21-12-18(26-20(24)16-10-6-3-7-11-16)27-17(21)13-25-19(23)15-8-4-2-5-9-15/h2-11,17-18H,12-13H2,1H3/t17-,18-/m1/s1. The summed E-state index contributed by atoms with van der Waals surface area (Å²) in [5.74, 6) is -1.07. The molecule has 1 saturated heterocycles. The Labute approximate surface area is 161 Å². The van der Waals surface area contributed by atoms with Gasteiger partial charge in [-0.05, 0) is 24.3 Å². The van der Waals surface area contributed by atoms with Crippen molar-refractivity contribution in [2.45, 2.75) is 17.7 Å². The van der Waals surface area contributed by atoms with Gasteiger partial charge in [-0.25, -0.2) is 9.59 Å². The fourth-order valence-corrected chi connectivity index (χ4v) is 3.93. The van der Waals surface area contributed by atoms with Crippen LogP contribution in [0.2, 0.25) is 0 Å². The molecule has 0 unspecified atom stereocenters. The summed E-state index contributed by atoms with van der Waals surface area (Å²) in [5, 5.41) is -0.399. The highest BCUT2D eigenvalue weighted by atomic mass is 32.2. The van der Waals surface area contributed by atoms with Gasteiger partial charge in [-0.15, -0.1) is 0 Å². The molecule has 140 valence electrons. The molecule has 2 aromatic rings. The number of rotatable bonds is 5. The third kappa shape index (κ3) is 4.89. The first-order chi connectivity index (χ1) is 13.0. The van der Waals surface area contributed by atoms with E-state index in [-0.39, 0.29) is 19.1 Å². The van der Waals surface area contributed by atoms with Crippen LogP contribution in [0.3, 0.4) is 0 Å². The van der Waals surface area contributed by atoms with Gasteiger partial charge in [0.25, 0.3) is 0 Å². The maximum absolute atomic E-state index is 12.2. The number of esters is 2. The lowest BCUT2D eigenvalue weighted by molar-refractivity contribution is -0.130. The summed E-state index contributed by atoms with van der Waals surface area (Å²) in [6.07, 6.45) is 0. The third-order valence-electron chi connectivity index (χ3n) is 4.02. The Morgan fingerprint density at radius 2 is 1.52 bits per heavy atom. The second kappa shape index (κ2) is 8.73. The number of hydrogen-bond acceptors (Lipinski definition) is 6. The summed E-state index contributed by atoms with van der Waals surface area (Å²) in [4.78, 5) is 37.8. The van der Waals surface area contributed by atoms with E-state index < -0.39 is 22.7 Å². The van der Waals surface area contributed by atoms with E-state index >= 15 is 0 Å². The first-order valence-electron chi connectivity index (χ1n) is 8.45. The van der Waals surface area contributed by atoms with Crippen molar-refractivity contribution in [2.24, 2.45) is 0 Å². The van der Waals surface area contributed by atoms with Crippen LogP contribution in [0.5, 0.6) is 0 Å². The highest BCUT2D eigenvalue weighted by Crippen LogP contribution is 2.32. The molecule has 1 amide bonds. The number of nitrogens with zero attached hydrogens (tertiary/aromatic N) is 1. The Morgan fingerprint density at radius 1 is 0.963 bits per heavy atom. The molecule has 6 nitrogen and oxygen atoms in total. The van der Waals surface area contributed by atoms with Crippen molar-refractivity contribution >= 4 is 29.6 Å². The van der Waals surface area contributed by atoms with E-state index in [2.05, 4.69) is 0 Å². The first kappa shape index (κ1) is 19.0. The van der Waals surface area contributed by atoms with Gasteiger partial charge in [0, 0.05) is 6.92 Å². The van der Waals surface area contributed by atoms with Crippen LogP contribution in [0, 0.1) is 0 Å². The van der Waals surface area contributed by atoms with Gasteiger partial charge in [0.1, 0.15) is 12.0 Å². The summed E-state index contributed by atoms with van der Waals surface area (Å²) in [5.41, 5.74) is 0.385. The first-order valence-corrected chi connectivity index (χ1v) is 9.40. The van der Waals surface area contributed by atoms with Crippen LogP contribution in [0.25, 0.3) is 0 Å². The van der Waals surface area contributed by atoms with Crippen molar-refractivity contribution in [3.63, 3.8) is 0 Å². The number of amides is 1. The number of hydrogen-bond donors (Lipinski definition) is 0. The normalized spacial score (nSPS) is 18.8. The van der Waals surface area contributed by atoms with Crippen LogP contribution in [-0.2, 0) is 14.3 Å². The molecular weight excluding hydrogens is 366 g/mol. The molecule has 0 spiro atoms. The van der Waals surface area contributed by atoms with Crippen LogP contribution >= 0.6 is 11.8 Å². The lowest BCUT2D eigenvalue weighted by atomic mass is 10.2. The average Bonchev–Trinajstić information content (AvgIpc) is 3.10. The van der Waals surface area contributed by atoms with Crippen molar-refractivity contribution in [3.8, 4) is 0 Å². The average molecular weight is 385 g/mol. The topological polar surface area (TPSA) is 72.9 Å². The van der Waals surface area contributed by atoms with E-state index in [1.807, 2.05) is 12.1 Å². The summed E-state index contributed by atoms with van der Waals surface area (Å²) >= 11 is 1.29. The van der Waals surface area contributed by atoms with Crippen molar-refractivity contribution in [2.75, 3.05) is 13.2 Å². The zero-order chi connectivity index (χ0) is 19.2. The zero-order valence-electron chi connectivity index (χ0n) is 14.7. The van der Waals surface area contributed by atoms with Gasteiger partial charge in [0.15, 0.2) is 5.44 Å². The van der Waals surface area contributed by atoms with Gasteiger partial charge in [0.2, 0.25) is 5.91 Å².